The van der Waals surface area contributed by atoms with Gasteiger partial charge in [-0.2, -0.15) is 0 Å². The zero-order valence-electron chi connectivity index (χ0n) is 16.5. The summed E-state index contributed by atoms with van der Waals surface area (Å²) in [6, 6.07) is 12.4. The fourth-order valence-electron chi connectivity index (χ4n) is 3.59. The average Bonchev–Trinajstić information content (AvgIpc) is 2.67. The highest BCUT2D eigenvalue weighted by Crippen LogP contribution is 2.47. The van der Waals surface area contributed by atoms with E-state index in [1.165, 1.54) is 0 Å². The maximum atomic E-state index is 9.83. The zero-order chi connectivity index (χ0) is 20.3. The lowest BCUT2D eigenvalue weighted by molar-refractivity contribution is 0.247. The Morgan fingerprint density at radius 2 is 1.75 bits per heavy atom. The highest BCUT2D eigenvalue weighted by atomic mass is 16.5. The Balaban J connectivity index is 2.02. The predicted molar refractivity (Wildman–Crippen MR) is 111 cm³/mol. The van der Waals surface area contributed by atoms with Crippen molar-refractivity contribution in [1.29, 1.82) is 0 Å². The summed E-state index contributed by atoms with van der Waals surface area (Å²) < 4.78 is 11.4. The number of phenolic OH excluding ortho intramolecular Hbond substituents is 2. The van der Waals surface area contributed by atoms with Crippen LogP contribution in [0.25, 0.3) is 0 Å². The van der Waals surface area contributed by atoms with E-state index in [2.05, 4.69) is 6.58 Å². The minimum absolute atomic E-state index is 0.0274. The predicted octanol–water partition coefficient (Wildman–Crippen LogP) is 5.41. The number of hydrogen-bond donors (Lipinski definition) is 2. The molecule has 0 bridgehead atoms. The molecule has 0 radical (unpaired) electrons. The van der Waals surface area contributed by atoms with Crippen LogP contribution in [0.1, 0.15) is 36.8 Å². The van der Waals surface area contributed by atoms with E-state index in [0.29, 0.717) is 12.4 Å². The summed E-state index contributed by atoms with van der Waals surface area (Å²) in [5.41, 5.74) is 4.04. The number of fused-ring (bicyclic) bond motifs is 1. The van der Waals surface area contributed by atoms with Gasteiger partial charge in [0.25, 0.3) is 0 Å². The molecule has 2 N–H and O–H groups in total. The smallest absolute Gasteiger partial charge is 0.126 e. The molecule has 4 nitrogen and oxygen atoms in total. The molecule has 0 unspecified atom stereocenters. The molecule has 1 aliphatic rings. The number of methoxy groups -OCH3 is 1. The first-order valence-electron chi connectivity index (χ1n) is 9.23. The molecule has 1 heterocycles. The fraction of sp³-hybridized carbons (Fsp3) is 0.250. The molecule has 0 spiro atoms. The van der Waals surface area contributed by atoms with Crippen LogP contribution in [-0.2, 0) is 4.74 Å². The lowest BCUT2D eigenvalue weighted by Gasteiger charge is -2.34. The van der Waals surface area contributed by atoms with E-state index in [1.54, 1.807) is 31.4 Å². The molecular formula is C24H26O4. The van der Waals surface area contributed by atoms with Gasteiger partial charge in [-0.25, -0.2) is 0 Å². The van der Waals surface area contributed by atoms with Crippen LogP contribution in [0.2, 0.25) is 0 Å². The topological polar surface area (TPSA) is 58.9 Å². The van der Waals surface area contributed by atoms with Crippen LogP contribution in [0, 0.1) is 0 Å². The van der Waals surface area contributed by atoms with Crippen LogP contribution in [-0.4, -0.2) is 23.9 Å². The van der Waals surface area contributed by atoms with Gasteiger partial charge in [-0.15, -0.1) is 0 Å². The minimum atomic E-state index is -0.0274. The van der Waals surface area contributed by atoms with Gasteiger partial charge in [0.2, 0.25) is 0 Å². The summed E-state index contributed by atoms with van der Waals surface area (Å²) in [5.74, 6) is 1.89. The van der Waals surface area contributed by atoms with Gasteiger partial charge >= 0.3 is 0 Å². The maximum absolute atomic E-state index is 9.83. The van der Waals surface area contributed by atoms with E-state index in [4.69, 9.17) is 9.47 Å². The van der Waals surface area contributed by atoms with Crippen molar-refractivity contribution < 1.29 is 19.7 Å². The largest absolute Gasteiger partial charge is 0.508 e. The zero-order valence-corrected chi connectivity index (χ0v) is 16.5. The van der Waals surface area contributed by atoms with E-state index in [1.807, 2.05) is 44.2 Å². The summed E-state index contributed by atoms with van der Waals surface area (Å²) in [6.45, 7) is 8.78. The third kappa shape index (κ3) is 4.06. The van der Waals surface area contributed by atoms with Crippen LogP contribution < -0.4 is 4.74 Å². The molecule has 1 aliphatic heterocycles. The second-order valence-corrected chi connectivity index (χ2v) is 7.19. The Morgan fingerprint density at radius 3 is 2.39 bits per heavy atom. The van der Waals surface area contributed by atoms with Crippen LogP contribution in [0.3, 0.4) is 0 Å². The fourth-order valence-corrected chi connectivity index (χ4v) is 3.59. The normalized spacial score (nSPS) is 18.2. The van der Waals surface area contributed by atoms with Crippen molar-refractivity contribution in [2.24, 2.45) is 0 Å². The van der Waals surface area contributed by atoms with Crippen molar-refractivity contribution in [2.75, 3.05) is 13.7 Å². The van der Waals surface area contributed by atoms with E-state index in [9.17, 15) is 10.2 Å². The number of allylic oxidation sites excluding steroid dienone is 4. The molecule has 0 amide bonds. The first-order valence-corrected chi connectivity index (χ1v) is 9.23. The Kier molecular flexibility index (Phi) is 5.78. The second kappa shape index (κ2) is 8.26. The molecule has 2 atom stereocenters. The Bertz CT molecular complexity index is 918. The molecule has 2 aromatic rings. The van der Waals surface area contributed by atoms with Crippen LogP contribution in [0.4, 0.5) is 0 Å². The van der Waals surface area contributed by atoms with E-state index < -0.39 is 0 Å². The molecule has 0 aromatic heterocycles. The number of benzene rings is 2. The van der Waals surface area contributed by atoms with Crippen LogP contribution >= 0.6 is 0 Å². The molecule has 0 saturated heterocycles. The average molecular weight is 378 g/mol. The van der Waals surface area contributed by atoms with Crippen molar-refractivity contribution in [1.82, 2.24) is 0 Å². The molecule has 4 heteroatoms. The summed E-state index contributed by atoms with van der Waals surface area (Å²) in [7, 11) is 1.65. The van der Waals surface area contributed by atoms with Crippen molar-refractivity contribution in [3.8, 4) is 17.2 Å². The number of hydrogen-bond acceptors (Lipinski definition) is 4. The number of aromatic hydroxyl groups is 2. The maximum Gasteiger partial charge on any atom is 0.126 e. The van der Waals surface area contributed by atoms with Crippen LogP contribution in [0.5, 0.6) is 17.2 Å². The van der Waals surface area contributed by atoms with Gasteiger partial charge in [0.05, 0.1) is 13.7 Å². The Labute approximate surface area is 166 Å². The van der Waals surface area contributed by atoms with Crippen molar-refractivity contribution in [3.63, 3.8) is 0 Å². The number of rotatable bonds is 5. The highest BCUT2D eigenvalue weighted by molar-refractivity contribution is 5.51. The second-order valence-electron chi connectivity index (χ2n) is 7.19. The quantitative estimate of drug-likeness (QED) is 0.539. The van der Waals surface area contributed by atoms with Crippen molar-refractivity contribution in [3.05, 3.63) is 89.2 Å². The summed E-state index contributed by atoms with van der Waals surface area (Å²) >= 11 is 0. The van der Waals surface area contributed by atoms with Gasteiger partial charge in [-0.3, -0.25) is 0 Å². The standard InChI is InChI=1S/C24H26O4/c1-15(2)22(27-4)12-5-16(3)24-20-11-10-19(26)13-23(20)28-14-21(24)17-6-8-18(25)9-7-17/h5-13,21,24-26H,3,14H2,1-2,4H3/b12-5-/t21-,24-/m0/s1. The molecule has 146 valence electrons. The highest BCUT2D eigenvalue weighted by Gasteiger charge is 2.33. The summed E-state index contributed by atoms with van der Waals surface area (Å²) in [4.78, 5) is 0. The van der Waals surface area contributed by atoms with Gasteiger partial charge in [0.15, 0.2) is 0 Å². The Morgan fingerprint density at radius 1 is 1.07 bits per heavy atom. The van der Waals surface area contributed by atoms with Crippen molar-refractivity contribution in [2.45, 2.75) is 25.7 Å². The number of phenols is 2. The molecule has 0 saturated carbocycles. The molecule has 3 rings (SSSR count). The minimum Gasteiger partial charge on any atom is -0.508 e. The molecule has 0 fully saturated rings. The van der Waals surface area contributed by atoms with Crippen LogP contribution in [0.15, 0.2) is 78.1 Å². The summed E-state index contributed by atoms with van der Waals surface area (Å²) in [6.07, 6.45) is 3.91. The van der Waals surface area contributed by atoms with Gasteiger partial charge in [0.1, 0.15) is 23.0 Å². The first-order chi connectivity index (χ1) is 13.4. The van der Waals surface area contributed by atoms with E-state index in [0.717, 1.165) is 28.0 Å². The molecule has 2 aromatic carbocycles. The SMILES string of the molecule is C=C(/C=C\C(OC)=C(C)C)[C@H]1c2ccc(O)cc2OC[C@H]1c1ccc(O)cc1. The number of ether oxygens (including phenoxy) is 2. The van der Waals surface area contributed by atoms with Gasteiger partial charge in [0, 0.05) is 23.5 Å². The molecular weight excluding hydrogens is 352 g/mol. The summed E-state index contributed by atoms with van der Waals surface area (Å²) in [5, 5.41) is 19.5. The lowest BCUT2D eigenvalue weighted by Crippen LogP contribution is -2.25. The van der Waals surface area contributed by atoms with Gasteiger partial charge in [-0.1, -0.05) is 30.9 Å². The molecule has 0 aliphatic carbocycles. The van der Waals surface area contributed by atoms with Gasteiger partial charge in [-0.05, 0) is 54.8 Å². The lowest BCUT2D eigenvalue weighted by atomic mass is 9.76. The monoisotopic (exact) mass is 378 g/mol. The Hall–Kier alpha value is -3.14. The first kappa shape index (κ1) is 19.6. The van der Waals surface area contributed by atoms with Crippen molar-refractivity contribution >= 4 is 0 Å². The van der Waals surface area contributed by atoms with E-state index >= 15 is 0 Å². The van der Waals surface area contributed by atoms with E-state index in [-0.39, 0.29) is 23.3 Å². The third-order valence-corrected chi connectivity index (χ3v) is 5.04. The third-order valence-electron chi connectivity index (χ3n) is 5.04. The molecule has 28 heavy (non-hydrogen) atoms. The van der Waals surface area contributed by atoms with Gasteiger partial charge < -0.3 is 19.7 Å².